The quantitative estimate of drug-likeness (QED) is 0.459. The molecule has 1 rings (SSSR count). The first-order valence-electron chi connectivity index (χ1n) is 2.98. The first-order chi connectivity index (χ1) is 4.43. The van der Waals surface area contributed by atoms with E-state index in [1.54, 1.807) is 0 Å². The van der Waals surface area contributed by atoms with Gasteiger partial charge in [0, 0.05) is 17.9 Å². The van der Waals surface area contributed by atoms with Crippen LogP contribution in [0.25, 0.3) is 0 Å². The SMILES string of the molecule is SCC[n+]1ccccc1. The molecule has 48 valence electrons. The molecule has 0 aromatic carbocycles. The summed E-state index contributed by atoms with van der Waals surface area (Å²) in [6.45, 7) is 0.990. The Morgan fingerprint density at radius 2 is 1.78 bits per heavy atom. The van der Waals surface area contributed by atoms with Crippen LogP contribution in [-0.4, -0.2) is 5.75 Å². The molecule has 0 aliphatic heterocycles. The summed E-state index contributed by atoms with van der Waals surface area (Å²) in [5, 5.41) is 0. The number of aromatic nitrogens is 1. The summed E-state index contributed by atoms with van der Waals surface area (Å²) in [5.74, 6) is 0.898. The van der Waals surface area contributed by atoms with Crippen LogP contribution in [0.15, 0.2) is 30.6 Å². The highest BCUT2D eigenvalue weighted by atomic mass is 32.1. The van der Waals surface area contributed by atoms with Crippen LogP contribution in [0.2, 0.25) is 0 Å². The molecule has 0 aliphatic carbocycles. The summed E-state index contributed by atoms with van der Waals surface area (Å²) in [7, 11) is 0. The Bertz CT molecular complexity index is 162. The lowest BCUT2D eigenvalue weighted by Gasteiger charge is -1.88. The molecule has 1 aromatic rings. The van der Waals surface area contributed by atoms with Crippen LogP contribution in [0.1, 0.15) is 0 Å². The highest BCUT2D eigenvalue weighted by Gasteiger charge is 1.91. The van der Waals surface area contributed by atoms with Gasteiger partial charge in [-0.3, -0.25) is 0 Å². The lowest BCUT2D eigenvalue weighted by Crippen LogP contribution is -2.32. The van der Waals surface area contributed by atoms with Gasteiger partial charge in [-0.15, -0.1) is 0 Å². The van der Waals surface area contributed by atoms with Crippen LogP contribution in [0.3, 0.4) is 0 Å². The van der Waals surface area contributed by atoms with Crippen molar-refractivity contribution in [2.75, 3.05) is 5.75 Å². The lowest BCUT2D eigenvalue weighted by atomic mass is 10.5. The largest absolute Gasteiger partial charge is 0.204 e. The van der Waals surface area contributed by atoms with Gasteiger partial charge in [0.1, 0.15) is 0 Å². The fraction of sp³-hybridized carbons (Fsp3) is 0.286. The molecule has 0 aliphatic rings. The van der Waals surface area contributed by atoms with E-state index in [1.807, 2.05) is 30.6 Å². The van der Waals surface area contributed by atoms with Crippen molar-refractivity contribution in [3.8, 4) is 0 Å². The number of hydrogen-bond donors (Lipinski definition) is 1. The molecular weight excluding hydrogens is 130 g/mol. The summed E-state index contributed by atoms with van der Waals surface area (Å²) in [6.07, 6.45) is 4.08. The molecule has 0 unspecified atom stereocenters. The molecule has 0 spiro atoms. The standard InChI is InChI=1S/C7H9NS/c9-7-6-8-4-2-1-3-5-8/h1-5H,6-7H2/p+1. The molecule has 2 heteroatoms. The fourth-order valence-electron chi connectivity index (χ4n) is 0.699. The molecule has 0 fully saturated rings. The molecule has 0 saturated heterocycles. The minimum absolute atomic E-state index is 0.898. The second-order valence-electron chi connectivity index (χ2n) is 1.84. The van der Waals surface area contributed by atoms with Gasteiger partial charge >= 0.3 is 0 Å². The van der Waals surface area contributed by atoms with Crippen molar-refractivity contribution in [2.24, 2.45) is 0 Å². The average Bonchev–Trinajstić information content (AvgIpc) is 1.91. The molecule has 9 heavy (non-hydrogen) atoms. The van der Waals surface area contributed by atoms with E-state index in [4.69, 9.17) is 0 Å². The van der Waals surface area contributed by atoms with Crippen molar-refractivity contribution < 1.29 is 4.57 Å². The minimum atomic E-state index is 0.898. The normalized spacial score (nSPS) is 9.44. The van der Waals surface area contributed by atoms with Gasteiger partial charge in [-0.2, -0.15) is 12.6 Å². The number of aryl methyl sites for hydroxylation is 1. The van der Waals surface area contributed by atoms with E-state index in [0.717, 1.165) is 12.3 Å². The Hall–Kier alpha value is -0.500. The van der Waals surface area contributed by atoms with Crippen LogP contribution in [0.4, 0.5) is 0 Å². The van der Waals surface area contributed by atoms with Crippen molar-refractivity contribution in [2.45, 2.75) is 6.54 Å². The van der Waals surface area contributed by atoms with Gasteiger partial charge in [0.2, 0.25) is 0 Å². The van der Waals surface area contributed by atoms with E-state index in [9.17, 15) is 0 Å². The van der Waals surface area contributed by atoms with Crippen molar-refractivity contribution in [1.29, 1.82) is 0 Å². The van der Waals surface area contributed by atoms with Gasteiger partial charge in [-0.25, -0.2) is 4.57 Å². The molecule has 1 aromatic heterocycles. The Labute approximate surface area is 60.7 Å². The zero-order valence-corrected chi connectivity index (χ0v) is 6.09. The first-order valence-corrected chi connectivity index (χ1v) is 3.61. The Morgan fingerprint density at radius 1 is 1.11 bits per heavy atom. The second kappa shape index (κ2) is 3.51. The van der Waals surface area contributed by atoms with Crippen LogP contribution in [-0.2, 0) is 6.54 Å². The summed E-state index contributed by atoms with van der Waals surface area (Å²) in [5.41, 5.74) is 0. The molecule has 0 saturated carbocycles. The number of hydrogen-bond acceptors (Lipinski definition) is 1. The zero-order valence-electron chi connectivity index (χ0n) is 5.20. The maximum Gasteiger partial charge on any atom is 0.168 e. The van der Waals surface area contributed by atoms with Crippen LogP contribution < -0.4 is 4.57 Å². The van der Waals surface area contributed by atoms with Gasteiger partial charge in [0.15, 0.2) is 18.9 Å². The third kappa shape index (κ3) is 2.06. The maximum atomic E-state index is 4.11. The van der Waals surface area contributed by atoms with Gasteiger partial charge in [-0.05, 0) is 0 Å². The van der Waals surface area contributed by atoms with E-state index in [0.29, 0.717) is 0 Å². The molecule has 0 bridgehead atoms. The Balaban J connectivity index is 2.61. The molecule has 1 heterocycles. The van der Waals surface area contributed by atoms with E-state index >= 15 is 0 Å². The van der Waals surface area contributed by atoms with E-state index in [2.05, 4.69) is 17.2 Å². The van der Waals surface area contributed by atoms with Gasteiger partial charge in [-0.1, -0.05) is 6.07 Å². The smallest absolute Gasteiger partial charge is 0.168 e. The van der Waals surface area contributed by atoms with Gasteiger partial charge in [0.25, 0.3) is 0 Å². The van der Waals surface area contributed by atoms with Gasteiger partial charge in [0.05, 0.1) is 0 Å². The topological polar surface area (TPSA) is 3.88 Å². The fourth-order valence-corrected chi connectivity index (χ4v) is 0.930. The summed E-state index contributed by atoms with van der Waals surface area (Å²) >= 11 is 4.11. The predicted molar refractivity (Wildman–Crippen MR) is 40.5 cm³/mol. The first kappa shape index (κ1) is 6.62. The highest BCUT2D eigenvalue weighted by Crippen LogP contribution is 1.77. The third-order valence-corrected chi connectivity index (χ3v) is 1.34. The zero-order chi connectivity index (χ0) is 6.53. The number of nitrogens with zero attached hydrogens (tertiary/aromatic N) is 1. The molecule has 0 N–H and O–H groups in total. The Kier molecular flexibility index (Phi) is 2.58. The second-order valence-corrected chi connectivity index (χ2v) is 2.28. The predicted octanol–water partition coefficient (Wildman–Crippen LogP) is 0.904. The minimum Gasteiger partial charge on any atom is -0.204 e. The number of thiol groups is 1. The highest BCUT2D eigenvalue weighted by molar-refractivity contribution is 7.80. The van der Waals surface area contributed by atoms with Crippen molar-refractivity contribution >= 4 is 12.6 Å². The molecular formula is C7H10NS+. The van der Waals surface area contributed by atoms with Crippen LogP contribution in [0.5, 0.6) is 0 Å². The van der Waals surface area contributed by atoms with Crippen LogP contribution in [0, 0.1) is 0 Å². The maximum absolute atomic E-state index is 4.11. The Morgan fingerprint density at radius 3 is 2.33 bits per heavy atom. The van der Waals surface area contributed by atoms with Crippen molar-refractivity contribution in [3.63, 3.8) is 0 Å². The number of pyridine rings is 1. The number of rotatable bonds is 2. The van der Waals surface area contributed by atoms with Gasteiger partial charge < -0.3 is 0 Å². The van der Waals surface area contributed by atoms with Crippen molar-refractivity contribution in [1.82, 2.24) is 0 Å². The lowest BCUT2D eigenvalue weighted by molar-refractivity contribution is -0.692. The van der Waals surface area contributed by atoms with E-state index in [1.165, 1.54) is 0 Å². The molecule has 1 nitrogen and oxygen atoms in total. The monoisotopic (exact) mass is 140 g/mol. The van der Waals surface area contributed by atoms with Crippen molar-refractivity contribution in [3.05, 3.63) is 30.6 Å². The summed E-state index contributed by atoms with van der Waals surface area (Å²) in [4.78, 5) is 0. The van der Waals surface area contributed by atoms with E-state index in [-0.39, 0.29) is 0 Å². The summed E-state index contributed by atoms with van der Waals surface area (Å²) < 4.78 is 2.10. The average molecular weight is 140 g/mol. The molecule has 0 amide bonds. The van der Waals surface area contributed by atoms with E-state index < -0.39 is 0 Å². The summed E-state index contributed by atoms with van der Waals surface area (Å²) in [6, 6.07) is 6.04. The third-order valence-electron chi connectivity index (χ3n) is 1.14. The molecule has 0 atom stereocenters. The molecule has 0 radical (unpaired) electrons. The van der Waals surface area contributed by atoms with Crippen LogP contribution >= 0.6 is 12.6 Å².